The Morgan fingerprint density at radius 1 is 1.04 bits per heavy atom. The van der Waals surface area contributed by atoms with Crippen LogP contribution in [0.25, 0.3) is 5.69 Å². The van der Waals surface area contributed by atoms with Crippen LogP contribution in [0.1, 0.15) is 24.0 Å². The number of rotatable bonds is 6. The maximum absolute atomic E-state index is 12.8. The SMILES string of the molecule is O=C(Cc1ccc(-n2cccn2)cc1)N(Cc1ccncc1)C1CC1. The van der Waals surface area contributed by atoms with E-state index in [1.807, 2.05) is 58.2 Å². The Balaban J connectivity index is 1.44. The van der Waals surface area contributed by atoms with Gasteiger partial charge in [0.2, 0.25) is 5.91 Å². The molecule has 3 aromatic rings. The van der Waals surface area contributed by atoms with E-state index in [1.165, 1.54) is 0 Å². The molecule has 0 atom stereocenters. The van der Waals surface area contributed by atoms with Crippen LogP contribution in [-0.4, -0.2) is 31.6 Å². The number of hydrogen-bond acceptors (Lipinski definition) is 3. The van der Waals surface area contributed by atoms with Gasteiger partial charge >= 0.3 is 0 Å². The fraction of sp³-hybridized carbons (Fsp3) is 0.250. The summed E-state index contributed by atoms with van der Waals surface area (Å²) in [6.45, 7) is 0.664. The fourth-order valence-electron chi connectivity index (χ4n) is 2.96. The van der Waals surface area contributed by atoms with Crippen molar-refractivity contribution in [2.24, 2.45) is 0 Å². The van der Waals surface area contributed by atoms with Crippen LogP contribution in [0.3, 0.4) is 0 Å². The molecule has 1 amide bonds. The highest BCUT2D eigenvalue weighted by molar-refractivity contribution is 5.79. The minimum atomic E-state index is 0.186. The van der Waals surface area contributed by atoms with Gasteiger partial charge in [0, 0.05) is 37.4 Å². The van der Waals surface area contributed by atoms with Crippen molar-refractivity contribution in [3.05, 3.63) is 78.4 Å². The molecule has 1 aliphatic carbocycles. The van der Waals surface area contributed by atoms with Crippen molar-refractivity contribution in [3.8, 4) is 5.69 Å². The predicted molar refractivity (Wildman–Crippen MR) is 95.1 cm³/mol. The Kier molecular flexibility index (Phi) is 4.29. The zero-order valence-electron chi connectivity index (χ0n) is 14.0. The Hall–Kier alpha value is -2.95. The molecule has 0 spiro atoms. The van der Waals surface area contributed by atoms with E-state index in [4.69, 9.17) is 0 Å². The normalized spacial score (nSPS) is 13.6. The highest BCUT2D eigenvalue weighted by Crippen LogP contribution is 2.29. The molecule has 0 bridgehead atoms. The summed E-state index contributed by atoms with van der Waals surface area (Å²) in [6, 6.07) is 14.2. The van der Waals surface area contributed by atoms with Crippen molar-refractivity contribution in [1.29, 1.82) is 0 Å². The van der Waals surface area contributed by atoms with Crippen molar-refractivity contribution in [3.63, 3.8) is 0 Å². The Bertz CT molecular complexity index is 824. The molecule has 0 aliphatic heterocycles. The van der Waals surface area contributed by atoms with Crippen molar-refractivity contribution < 1.29 is 4.79 Å². The molecule has 4 rings (SSSR count). The molecule has 1 aromatic carbocycles. The molecule has 25 heavy (non-hydrogen) atoms. The van der Waals surface area contributed by atoms with E-state index in [0.29, 0.717) is 19.0 Å². The van der Waals surface area contributed by atoms with E-state index in [-0.39, 0.29) is 5.91 Å². The van der Waals surface area contributed by atoms with Gasteiger partial charge in [0.15, 0.2) is 0 Å². The van der Waals surface area contributed by atoms with Crippen LogP contribution < -0.4 is 0 Å². The summed E-state index contributed by atoms with van der Waals surface area (Å²) in [6.07, 6.45) is 9.86. The van der Waals surface area contributed by atoms with Gasteiger partial charge in [-0.3, -0.25) is 9.78 Å². The average Bonchev–Trinajstić information content (AvgIpc) is 3.34. The highest BCUT2D eigenvalue weighted by Gasteiger charge is 2.32. The van der Waals surface area contributed by atoms with Crippen molar-refractivity contribution >= 4 is 5.91 Å². The second-order valence-corrected chi connectivity index (χ2v) is 6.40. The van der Waals surface area contributed by atoms with Gasteiger partial charge in [-0.25, -0.2) is 4.68 Å². The summed E-state index contributed by atoms with van der Waals surface area (Å²) >= 11 is 0. The van der Waals surface area contributed by atoms with Gasteiger partial charge in [-0.05, 0) is 54.3 Å². The van der Waals surface area contributed by atoms with Gasteiger partial charge in [-0.2, -0.15) is 5.10 Å². The van der Waals surface area contributed by atoms with Gasteiger partial charge < -0.3 is 4.90 Å². The third-order valence-electron chi connectivity index (χ3n) is 4.47. The smallest absolute Gasteiger partial charge is 0.227 e. The van der Waals surface area contributed by atoms with E-state index < -0.39 is 0 Å². The molecular formula is C20H20N4O. The summed E-state index contributed by atoms with van der Waals surface area (Å²) in [5, 5.41) is 4.22. The number of hydrogen-bond donors (Lipinski definition) is 0. The van der Waals surface area contributed by atoms with Crippen LogP contribution in [0.15, 0.2) is 67.3 Å². The topological polar surface area (TPSA) is 51.0 Å². The minimum Gasteiger partial charge on any atom is -0.335 e. The molecule has 1 aliphatic rings. The van der Waals surface area contributed by atoms with Gasteiger partial charge in [-0.15, -0.1) is 0 Å². The molecule has 0 N–H and O–H groups in total. The standard InChI is InChI=1S/C20H20N4O/c25-20(23(18-6-7-18)15-17-8-11-21-12-9-17)14-16-2-4-19(5-3-16)24-13-1-10-22-24/h1-5,8-13,18H,6-7,14-15H2. The number of amides is 1. The van der Waals surface area contributed by atoms with E-state index >= 15 is 0 Å². The van der Waals surface area contributed by atoms with Crippen LogP contribution in [-0.2, 0) is 17.8 Å². The first-order valence-electron chi connectivity index (χ1n) is 8.57. The number of pyridine rings is 1. The molecule has 0 radical (unpaired) electrons. The lowest BCUT2D eigenvalue weighted by molar-refractivity contribution is -0.131. The third kappa shape index (κ3) is 3.76. The number of nitrogens with zero attached hydrogens (tertiary/aromatic N) is 4. The van der Waals surface area contributed by atoms with Gasteiger partial charge in [-0.1, -0.05) is 12.1 Å². The van der Waals surface area contributed by atoms with Crippen molar-refractivity contribution in [1.82, 2.24) is 19.7 Å². The van der Waals surface area contributed by atoms with Crippen LogP contribution in [0.2, 0.25) is 0 Å². The third-order valence-corrected chi connectivity index (χ3v) is 4.47. The second-order valence-electron chi connectivity index (χ2n) is 6.40. The lowest BCUT2D eigenvalue weighted by Gasteiger charge is -2.22. The summed E-state index contributed by atoms with van der Waals surface area (Å²) in [7, 11) is 0. The fourth-order valence-corrected chi connectivity index (χ4v) is 2.96. The molecule has 5 nitrogen and oxygen atoms in total. The largest absolute Gasteiger partial charge is 0.335 e. The van der Waals surface area contributed by atoms with E-state index in [2.05, 4.69) is 10.1 Å². The molecule has 0 unspecified atom stereocenters. The maximum atomic E-state index is 12.8. The van der Waals surface area contributed by atoms with Crippen molar-refractivity contribution in [2.45, 2.75) is 31.8 Å². The lowest BCUT2D eigenvalue weighted by atomic mass is 10.1. The Labute approximate surface area is 146 Å². The summed E-state index contributed by atoms with van der Waals surface area (Å²) in [4.78, 5) is 18.9. The minimum absolute atomic E-state index is 0.186. The van der Waals surface area contributed by atoms with Crippen LogP contribution in [0.4, 0.5) is 0 Å². The Morgan fingerprint density at radius 3 is 2.44 bits per heavy atom. The second kappa shape index (κ2) is 6.89. The average molecular weight is 332 g/mol. The van der Waals surface area contributed by atoms with Crippen molar-refractivity contribution in [2.75, 3.05) is 0 Å². The molecule has 0 saturated heterocycles. The molecular weight excluding hydrogens is 312 g/mol. The molecule has 2 heterocycles. The number of carbonyl (C=O) groups is 1. The lowest BCUT2D eigenvalue weighted by Crippen LogP contribution is -2.33. The number of benzene rings is 1. The zero-order valence-corrected chi connectivity index (χ0v) is 14.0. The predicted octanol–water partition coefficient (Wildman–Crippen LogP) is 3.00. The Morgan fingerprint density at radius 2 is 1.80 bits per heavy atom. The molecule has 1 fully saturated rings. The molecule has 126 valence electrons. The summed E-state index contributed by atoms with van der Waals surface area (Å²) in [5.41, 5.74) is 3.16. The van der Waals surface area contributed by atoms with E-state index in [1.54, 1.807) is 18.6 Å². The maximum Gasteiger partial charge on any atom is 0.227 e. The monoisotopic (exact) mass is 332 g/mol. The zero-order chi connectivity index (χ0) is 17.1. The van der Waals surface area contributed by atoms with Gasteiger partial charge in [0.1, 0.15) is 0 Å². The molecule has 1 saturated carbocycles. The van der Waals surface area contributed by atoms with E-state index in [9.17, 15) is 4.79 Å². The molecule has 5 heteroatoms. The van der Waals surface area contributed by atoms with E-state index in [0.717, 1.165) is 29.7 Å². The first-order valence-corrected chi connectivity index (χ1v) is 8.57. The van der Waals surface area contributed by atoms with Crippen LogP contribution in [0, 0.1) is 0 Å². The van der Waals surface area contributed by atoms with Crippen LogP contribution in [0.5, 0.6) is 0 Å². The van der Waals surface area contributed by atoms with Gasteiger partial charge in [0.25, 0.3) is 0 Å². The molecule has 2 aromatic heterocycles. The van der Waals surface area contributed by atoms with Crippen LogP contribution >= 0.6 is 0 Å². The first kappa shape index (κ1) is 15.6. The first-order chi connectivity index (χ1) is 12.3. The highest BCUT2D eigenvalue weighted by atomic mass is 16.2. The summed E-state index contributed by atoms with van der Waals surface area (Å²) < 4.78 is 1.81. The van der Waals surface area contributed by atoms with Gasteiger partial charge in [0.05, 0.1) is 12.1 Å². The summed E-state index contributed by atoms with van der Waals surface area (Å²) in [5.74, 6) is 0.186. The number of aromatic nitrogens is 3. The quantitative estimate of drug-likeness (QED) is 0.697. The number of carbonyl (C=O) groups excluding carboxylic acids is 1.